The van der Waals surface area contributed by atoms with Crippen molar-refractivity contribution < 1.29 is 14.6 Å². The monoisotopic (exact) mass is 212 g/mol. The molecule has 0 saturated carbocycles. The van der Waals surface area contributed by atoms with Gasteiger partial charge in [-0.15, -0.1) is 5.10 Å². The molecule has 0 aliphatic carbocycles. The molecule has 0 amide bonds. The molecule has 1 aromatic rings. The van der Waals surface area contributed by atoms with Gasteiger partial charge in [-0.05, 0) is 12.8 Å². The fourth-order valence-electron chi connectivity index (χ4n) is 1.15. The molecule has 0 aliphatic rings. The van der Waals surface area contributed by atoms with Crippen LogP contribution in [0.15, 0.2) is 0 Å². The van der Waals surface area contributed by atoms with E-state index < -0.39 is 5.97 Å². The molecule has 1 rings (SSSR count). The fraction of sp³-hybridized carbons (Fsp3) is 0.600. The van der Waals surface area contributed by atoms with E-state index in [-0.39, 0.29) is 6.42 Å². The number of hydrogen-bond donors (Lipinski definition) is 2. The molecule has 0 unspecified atom stereocenters. The summed E-state index contributed by atoms with van der Waals surface area (Å²) in [5, 5.41) is 15.4. The molecule has 0 aromatic carbocycles. The third kappa shape index (κ3) is 3.27. The van der Waals surface area contributed by atoms with Crippen LogP contribution in [0.3, 0.4) is 0 Å². The lowest BCUT2D eigenvalue weighted by atomic mass is 10.2. The first-order valence-corrected chi connectivity index (χ1v) is 4.89. The Kier molecular flexibility index (Phi) is 3.71. The number of aromatic amines is 1. The summed E-state index contributed by atoms with van der Waals surface area (Å²) in [6.45, 7) is 6.37. The Bertz CT molecular complexity index is 344. The van der Waals surface area contributed by atoms with Crippen LogP contribution < -0.4 is 4.74 Å². The molecule has 0 saturated heterocycles. The first-order valence-electron chi connectivity index (χ1n) is 4.89. The second kappa shape index (κ2) is 4.82. The molecule has 1 heterocycles. The number of nitrogens with zero attached hydrogens (tertiary/aromatic N) is 1. The van der Waals surface area contributed by atoms with Crippen LogP contribution in [0.2, 0.25) is 0 Å². The molecule has 0 fully saturated rings. The smallest absolute Gasteiger partial charge is 0.308 e. The van der Waals surface area contributed by atoms with E-state index in [1.54, 1.807) is 6.92 Å². The number of aromatic nitrogens is 2. The highest BCUT2D eigenvalue weighted by atomic mass is 16.5. The summed E-state index contributed by atoms with van der Waals surface area (Å²) in [7, 11) is 0. The van der Waals surface area contributed by atoms with Crippen molar-refractivity contribution >= 4 is 5.97 Å². The molecule has 15 heavy (non-hydrogen) atoms. The molecule has 1 aromatic heterocycles. The topological polar surface area (TPSA) is 75.2 Å². The van der Waals surface area contributed by atoms with Crippen LogP contribution in [-0.2, 0) is 11.2 Å². The summed E-state index contributed by atoms with van der Waals surface area (Å²) in [6.07, 6.45) is -0.0598. The first kappa shape index (κ1) is 11.6. The van der Waals surface area contributed by atoms with Crippen LogP contribution in [0.25, 0.3) is 0 Å². The maximum absolute atomic E-state index is 10.6. The number of carbonyl (C=O) groups is 1. The minimum atomic E-state index is -0.881. The molecule has 84 valence electrons. The van der Waals surface area contributed by atoms with Gasteiger partial charge in [0.05, 0.1) is 13.0 Å². The number of carboxylic acids is 1. The van der Waals surface area contributed by atoms with Crippen molar-refractivity contribution in [3.05, 3.63) is 11.3 Å². The minimum absolute atomic E-state index is 0.0598. The number of carboxylic acid groups (broad SMARTS) is 1. The Morgan fingerprint density at radius 3 is 2.80 bits per heavy atom. The predicted molar refractivity (Wildman–Crippen MR) is 55.0 cm³/mol. The second-order valence-corrected chi connectivity index (χ2v) is 3.91. The van der Waals surface area contributed by atoms with Crippen LogP contribution in [0.4, 0.5) is 0 Å². The summed E-state index contributed by atoms with van der Waals surface area (Å²) in [6, 6.07) is 0. The average molecular weight is 212 g/mol. The lowest BCUT2D eigenvalue weighted by Gasteiger charge is -2.07. The van der Waals surface area contributed by atoms with Crippen molar-refractivity contribution in [2.75, 3.05) is 6.61 Å². The summed E-state index contributed by atoms with van der Waals surface area (Å²) in [5.41, 5.74) is 1.37. The Morgan fingerprint density at radius 1 is 1.60 bits per heavy atom. The van der Waals surface area contributed by atoms with Crippen molar-refractivity contribution in [1.29, 1.82) is 0 Å². The number of hydrogen-bond acceptors (Lipinski definition) is 3. The van der Waals surface area contributed by atoms with E-state index in [2.05, 4.69) is 10.2 Å². The SMILES string of the molecule is Cc1[nH]nc(OCC(C)C)c1CC(=O)O. The maximum Gasteiger partial charge on any atom is 0.308 e. The van der Waals surface area contributed by atoms with Crippen LogP contribution in [0.1, 0.15) is 25.1 Å². The second-order valence-electron chi connectivity index (χ2n) is 3.91. The van der Waals surface area contributed by atoms with E-state index in [4.69, 9.17) is 9.84 Å². The van der Waals surface area contributed by atoms with Gasteiger partial charge in [-0.1, -0.05) is 13.8 Å². The Balaban J connectivity index is 2.74. The number of nitrogens with one attached hydrogen (secondary N) is 1. The van der Waals surface area contributed by atoms with E-state index in [0.717, 1.165) is 5.69 Å². The van der Waals surface area contributed by atoms with E-state index in [9.17, 15) is 4.79 Å². The highest BCUT2D eigenvalue weighted by Gasteiger charge is 2.14. The normalized spacial score (nSPS) is 10.7. The minimum Gasteiger partial charge on any atom is -0.481 e. The molecule has 0 atom stereocenters. The molecule has 0 radical (unpaired) electrons. The van der Waals surface area contributed by atoms with Crippen molar-refractivity contribution in [3.63, 3.8) is 0 Å². The molecule has 5 nitrogen and oxygen atoms in total. The molecule has 0 spiro atoms. The number of aliphatic carboxylic acids is 1. The van der Waals surface area contributed by atoms with Crippen molar-refractivity contribution in [2.45, 2.75) is 27.2 Å². The van der Waals surface area contributed by atoms with Gasteiger partial charge in [0.15, 0.2) is 0 Å². The lowest BCUT2D eigenvalue weighted by molar-refractivity contribution is -0.136. The maximum atomic E-state index is 10.6. The zero-order valence-electron chi connectivity index (χ0n) is 9.20. The van der Waals surface area contributed by atoms with E-state index >= 15 is 0 Å². The highest BCUT2D eigenvalue weighted by molar-refractivity contribution is 5.71. The predicted octanol–water partition coefficient (Wildman–Crippen LogP) is 1.38. The first-order chi connectivity index (χ1) is 7.00. The summed E-state index contributed by atoms with van der Waals surface area (Å²) in [4.78, 5) is 10.6. The van der Waals surface area contributed by atoms with E-state index in [1.165, 1.54) is 0 Å². The summed E-state index contributed by atoms with van der Waals surface area (Å²) >= 11 is 0. The largest absolute Gasteiger partial charge is 0.481 e. The molecule has 5 heteroatoms. The van der Waals surface area contributed by atoms with Crippen molar-refractivity contribution in [2.24, 2.45) is 5.92 Å². The van der Waals surface area contributed by atoms with Crippen molar-refractivity contribution in [1.82, 2.24) is 10.2 Å². The number of ether oxygens (including phenoxy) is 1. The Hall–Kier alpha value is -1.52. The fourth-order valence-corrected chi connectivity index (χ4v) is 1.15. The van der Waals surface area contributed by atoms with Gasteiger partial charge in [-0.3, -0.25) is 9.89 Å². The van der Waals surface area contributed by atoms with Crippen LogP contribution in [0.5, 0.6) is 5.88 Å². The summed E-state index contributed by atoms with van der Waals surface area (Å²) in [5.74, 6) is -0.0859. The molecule has 0 bridgehead atoms. The van der Waals surface area contributed by atoms with Crippen molar-refractivity contribution in [3.8, 4) is 5.88 Å². The van der Waals surface area contributed by atoms with Gasteiger partial charge in [-0.2, -0.15) is 0 Å². The van der Waals surface area contributed by atoms with Crippen LogP contribution in [0, 0.1) is 12.8 Å². The van der Waals surface area contributed by atoms with Gasteiger partial charge < -0.3 is 9.84 Å². The summed E-state index contributed by atoms with van der Waals surface area (Å²) < 4.78 is 5.41. The van der Waals surface area contributed by atoms with E-state index in [1.807, 2.05) is 13.8 Å². The van der Waals surface area contributed by atoms with E-state index in [0.29, 0.717) is 24.0 Å². The zero-order chi connectivity index (χ0) is 11.4. The lowest BCUT2D eigenvalue weighted by Crippen LogP contribution is -2.08. The standard InChI is InChI=1S/C10H16N2O3/c1-6(2)5-15-10-8(4-9(13)14)7(3)11-12-10/h6H,4-5H2,1-3H3,(H,11,12)(H,13,14). The molecular weight excluding hydrogens is 196 g/mol. The van der Waals surface area contributed by atoms with Gasteiger partial charge in [0, 0.05) is 11.3 Å². The third-order valence-electron chi connectivity index (χ3n) is 1.92. The molecule has 2 N–H and O–H groups in total. The van der Waals surface area contributed by atoms with Gasteiger partial charge >= 0.3 is 5.97 Å². The third-order valence-corrected chi connectivity index (χ3v) is 1.92. The van der Waals surface area contributed by atoms with Gasteiger partial charge in [0.25, 0.3) is 0 Å². The van der Waals surface area contributed by atoms with Gasteiger partial charge in [0.2, 0.25) is 5.88 Å². The number of H-pyrrole nitrogens is 1. The number of aryl methyl sites for hydroxylation is 1. The highest BCUT2D eigenvalue weighted by Crippen LogP contribution is 2.19. The van der Waals surface area contributed by atoms with Crippen LogP contribution >= 0.6 is 0 Å². The molecule has 0 aliphatic heterocycles. The Morgan fingerprint density at radius 2 is 2.27 bits per heavy atom. The van der Waals surface area contributed by atoms with Crippen LogP contribution in [-0.4, -0.2) is 27.9 Å². The van der Waals surface area contributed by atoms with Gasteiger partial charge in [0.1, 0.15) is 0 Å². The average Bonchev–Trinajstić information content (AvgIpc) is 2.44. The zero-order valence-corrected chi connectivity index (χ0v) is 9.20. The molecular formula is C10H16N2O3. The Labute approximate surface area is 88.5 Å². The quantitative estimate of drug-likeness (QED) is 0.773. The van der Waals surface area contributed by atoms with Gasteiger partial charge in [-0.25, -0.2) is 0 Å². The number of rotatable bonds is 5.